The van der Waals surface area contributed by atoms with Gasteiger partial charge in [-0.15, -0.1) is 0 Å². The van der Waals surface area contributed by atoms with E-state index in [0.29, 0.717) is 11.9 Å². The Bertz CT molecular complexity index is 861. The van der Waals surface area contributed by atoms with Crippen molar-refractivity contribution in [2.75, 3.05) is 5.73 Å². The van der Waals surface area contributed by atoms with Gasteiger partial charge in [0.2, 0.25) is 5.95 Å². The van der Waals surface area contributed by atoms with Crippen LogP contribution < -0.4 is 5.73 Å². The summed E-state index contributed by atoms with van der Waals surface area (Å²) in [7, 11) is 0. The van der Waals surface area contributed by atoms with Crippen molar-refractivity contribution in [3.8, 4) is 11.3 Å². The maximum atomic E-state index is 6.04. The Balaban J connectivity index is 1.63. The first-order chi connectivity index (χ1) is 12.2. The minimum atomic E-state index is 0.362. The molecule has 5 heteroatoms. The summed E-state index contributed by atoms with van der Waals surface area (Å²) in [5.74, 6) is 1.75. The number of hydrogen-bond acceptors (Lipinski definition) is 4. The fourth-order valence-electron chi connectivity index (χ4n) is 4.16. The number of pyridine rings is 1. The van der Waals surface area contributed by atoms with Crippen molar-refractivity contribution < 1.29 is 0 Å². The zero-order chi connectivity index (χ0) is 17.2. The van der Waals surface area contributed by atoms with Crippen LogP contribution in [0.2, 0.25) is 0 Å². The quantitative estimate of drug-likeness (QED) is 0.725. The van der Waals surface area contributed by atoms with E-state index in [0.717, 1.165) is 33.9 Å². The molecule has 3 aromatic heterocycles. The monoisotopic (exact) mass is 335 g/mol. The number of rotatable bonds is 4. The van der Waals surface area contributed by atoms with Crippen molar-refractivity contribution in [1.82, 2.24) is 19.9 Å². The predicted molar refractivity (Wildman–Crippen MR) is 101 cm³/mol. The summed E-state index contributed by atoms with van der Waals surface area (Å²) in [5.41, 5.74) is 9.93. The Morgan fingerprint density at radius 1 is 1.20 bits per heavy atom. The van der Waals surface area contributed by atoms with E-state index in [1.807, 2.05) is 12.3 Å². The van der Waals surface area contributed by atoms with Crippen LogP contribution in [0.15, 0.2) is 30.6 Å². The van der Waals surface area contributed by atoms with Gasteiger partial charge in [0.15, 0.2) is 0 Å². The molecule has 130 valence electrons. The van der Waals surface area contributed by atoms with Crippen LogP contribution in [-0.4, -0.2) is 19.9 Å². The summed E-state index contributed by atoms with van der Waals surface area (Å²) in [6.07, 6.45) is 11.4. The first-order valence-electron chi connectivity index (χ1n) is 9.31. The lowest BCUT2D eigenvalue weighted by molar-refractivity contribution is 0.305. The van der Waals surface area contributed by atoms with Crippen LogP contribution in [-0.2, 0) is 0 Å². The van der Waals surface area contributed by atoms with Gasteiger partial charge in [-0.1, -0.05) is 19.8 Å². The summed E-state index contributed by atoms with van der Waals surface area (Å²) in [6.45, 7) is 2.28. The molecular formula is C20H25N5. The van der Waals surface area contributed by atoms with Crippen LogP contribution in [0.5, 0.6) is 0 Å². The Morgan fingerprint density at radius 2 is 2.04 bits per heavy atom. The molecule has 3 aromatic rings. The molecule has 5 nitrogen and oxygen atoms in total. The largest absolute Gasteiger partial charge is 0.368 e. The maximum absolute atomic E-state index is 6.04. The molecule has 4 rings (SSSR count). The number of nitrogens with two attached hydrogens (primary N) is 1. The zero-order valence-electron chi connectivity index (χ0n) is 14.7. The maximum Gasteiger partial charge on any atom is 0.220 e. The highest BCUT2D eigenvalue weighted by molar-refractivity contribution is 5.92. The number of aromatic nitrogens is 4. The second kappa shape index (κ2) is 6.82. The van der Waals surface area contributed by atoms with Crippen LogP contribution in [0.1, 0.15) is 57.1 Å². The summed E-state index contributed by atoms with van der Waals surface area (Å²) >= 11 is 0. The van der Waals surface area contributed by atoms with Crippen molar-refractivity contribution in [2.45, 2.75) is 51.4 Å². The van der Waals surface area contributed by atoms with E-state index in [1.165, 1.54) is 38.5 Å². The number of nitrogens with zero attached hydrogens (tertiary/aromatic N) is 3. The molecule has 25 heavy (non-hydrogen) atoms. The molecule has 3 N–H and O–H groups in total. The van der Waals surface area contributed by atoms with Gasteiger partial charge in [-0.25, -0.2) is 15.0 Å². The average molecular weight is 335 g/mol. The predicted octanol–water partition coefficient (Wildman–Crippen LogP) is 4.68. The molecule has 0 aliphatic heterocycles. The molecule has 0 atom stereocenters. The van der Waals surface area contributed by atoms with E-state index >= 15 is 0 Å². The molecule has 0 spiro atoms. The third kappa shape index (κ3) is 3.23. The Labute approximate surface area is 148 Å². The van der Waals surface area contributed by atoms with E-state index in [4.69, 9.17) is 5.73 Å². The highest BCUT2D eigenvalue weighted by Gasteiger charge is 2.24. The summed E-state index contributed by atoms with van der Waals surface area (Å²) in [5, 5.41) is 1.07. The number of nitrogens with one attached hydrogen (secondary N) is 1. The third-order valence-electron chi connectivity index (χ3n) is 5.45. The van der Waals surface area contributed by atoms with Gasteiger partial charge in [0.05, 0.1) is 5.69 Å². The SMILES string of the molecule is CCCC1CCC(c2cc(-c3c[nH]c4ncccc34)nc(N)n2)CC1. The lowest BCUT2D eigenvalue weighted by atomic mass is 9.78. The topological polar surface area (TPSA) is 80.5 Å². The molecule has 1 saturated carbocycles. The zero-order valence-corrected chi connectivity index (χ0v) is 14.7. The fourth-order valence-corrected chi connectivity index (χ4v) is 4.16. The molecule has 1 aliphatic rings. The average Bonchev–Trinajstić information content (AvgIpc) is 3.06. The lowest BCUT2D eigenvalue weighted by Gasteiger charge is -2.28. The molecule has 3 heterocycles. The van der Waals surface area contributed by atoms with Gasteiger partial charge < -0.3 is 10.7 Å². The number of H-pyrrole nitrogens is 1. The van der Waals surface area contributed by atoms with Crippen LogP contribution in [0, 0.1) is 5.92 Å². The molecule has 0 unspecified atom stereocenters. The summed E-state index contributed by atoms with van der Waals surface area (Å²) in [6, 6.07) is 6.12. The molecular weight excluding hydrogens is 310 g/mol. The highest BCUT2D eigenvalue weighted by atomic mass is 15.0. The minimum Gasteiger partial charge on any atom is -0.368 e. The number of aromatic amines is 1. The highest BCUT2D eigenvalue weighted by Crippen LogP contribution is 2.38. The number of hydrogen-bond donors (Lipinski definition) is 2. The van der Waals surface area contributed by atoms with Crippen LogP contribution in [0.4, 0.5) is 5.95 Å². The van der Waals surface area contributed by atoms with Gasteiger partial charge in [0.1, 0.15) is 5.65 Å². The van der Waals surface area contributed by atoms with Crippen molar-refractivity contribution in [3.63, 3.8) is 0 Å². The van der Waals surface area contributed by atoms with Crippen molar-refractivity contribution >= 4 is 17.0 Å². The smallest absolute Gasteiger partial charge is 0.220 e. The number of anilines is 1. The van der Waals surface area contributed by atoms with E-state index in [2.05, 4.69) is 39.0 Å². The second-order valence-corrected chi connectivity index (χ2v) is 7.14. The van der Waals surface area contributed by atoms with Gasteiger partial charge in [-0.05, 0) is 49.8 Å². The molecule has 0 radical (unpaired) electrons. The van der Waals surface area contributed by atoms with Crippen molar-refractivity contribution in [2.24, 2.45) is 5.92 Å². The summed E-state index contributed by atoms with van der Waals surface area (Å²) < 4.78 is 0. The lowest BCUT2D eigenvalue weighted by Crippen LogP contribution is -2.15. The molecule has 1 fully saturated rings. The van der Waals surface area contributed by atoms with E-state index in [-0.39, 0.29) is 0 Å². The molecule has 0 aromatic carbocycles. The fraction of sp³-hybridized carbons (Fsp3) is 0.450. The molecule has 0 amide bonds. The normalized spacial score (nSPS) is 20.8. The standard InChI is InChI=1S/C20H25N5/c1-2-4-13-6-8-14(9-7-13)17-11-18(25-20(21)24-17)16-12-23-19-15(16)5-3-10-22-19/h3,5,10-14H,2,4,6-9H2,1H3,(H,22,23)(H2,21,24,25). The Kier molecular flexibility index (Phi) is 4.38. The van der Waals surface area contributed by atoms with Crippen molar-refractivity contribution in [1.29, 1.82) is 0 Å². The molecule has 0 saturated heterocycles. The first kappa shape index (κ1) is 16.1. The Morgan fingerprint density at radius 3 is 2.84 bits per heavy atom. The van der Waals surface area contributed by atoms with Gasteiger partial charge in [-0.2, -0.15) is 0 Å². The van der Waals surface area contributed by atoms with Gasteiger partial charge >= 0.3 is 0 Å². The van der Waals surface area contributed by atoms with Crippen LogP contribution in [0.3, 0.4) is 0 Å². The van der Waals surface area contributed by atoms with Crippen LogP contribution >= 0.6 is 0 Å². The Hall–Kier alpha value is -2.43. The van der Waals surface area contributed by atoms with Crippen LogP contribution in [0.25, 0.3) is 22.3 Å². The van der Waals surface area contributed by atoms with E-state index in [9.17, 15) is 0 Å². The van der Waals surface area contributed by atoms with E-state index < -0.39 is 0 Å². The number of fused-ring (bicyclic) bond motifs is 1. The minimum absolute atomic E-state index is 0.362. The molecule has 0 bridgehead atoms. The van der Waals surface area contributed by atoms with Gasteiger partial charge in [0, 0.05) is 35.0 Å². The van der Waals surface area contributed by atoms with Gasteiger partial charge in [0.25, 0.3) is 0 Å². The number of nitrogen functional groups attached to an aromatic ring is 1. The first-order valence-corrected chi connectivity index (χ1v) is 9.31. The van der Waals surface area contributed by atoms with Gasteiger partial charge in [-0.3, -0.25) is 0 Å². The second-order valence-electron chi connectivity index (χ2n) is 7.14. The van der Waals surface area contributed by atoms with Crippen molar-refractivity contribution in [3.05, 3.63) is 36.3 Å². The third-order valence-corrected chi connectivity index (χ3v) is 5.45. The van der Waals surface area contributed by atoms with E-state index in [1.54, 1.807) is 6.20 Å². The summed E-state index contributed by atoms with van der Waals surface area (Å²) in [4.78, 5) is 16.6. The molecule has 1 aliphatic carbocycles.